The highest BCUT2D eigenvalue weighted by molar-refractivity contribution is 6.04. The summed E-state index contributed by atoms with van der Waals surface area (Å²) in [6, 6.07) is 11.1. The van der Waals surface area contributed by atoms with Gasteiger partial charge in [-0.05, 0) is 43.0 Å². The van der Waals surface area contributed by atoms with Gasteiger partial charge in [-0.3, -0.25) is 4.98 Å². The van der Waals surface area contributed by atoms with Crippen molar-refractivity contribution in [1.82, 2.24) is 19.5 Å². The van der Waals surface area contributed by atoms with Crippen molar-refractivity contribution in [3.05, 3.63) is 48.9 Å². The Morgan fingerprint density at radius 3 is 2.88 bits per heavy atom. The van der Waals surface area contributed by atoms with E-state index in [1.807, 2.05) is 24.7 Å². The molecule has 0 bridgehead atoms. The SMILES string of the molecule is C[C@H]1CCCCC1n1c(-c2ccccn2)cc2cnc3[nH]ccc3c21. The summed E-state index contributed by atoms with van der Waals surface area (Å²) in [5.74, 6) is 0.675. The Morgan fingerprint density at radius 2 is 2.04 bits per heavy atom. The van der Waals surface area contributed by atoms with Crippen molar-refractivity contribution in [3.8, 4) is 11.4 Å². The van der Waals surface area contributed by atoms with Crippen LogP contribution in [0, 0.1) is 5.92 Å². The normalized spacial score (nSPS) is 21.2. The van der Waals surface area contributed by atoms with Gasteiger partial charge in [0.05, 0.1) is 16.9 Å². The molecule has 126 valence electrons. The Balaban J connectivity index is 1.85. The summed E-state index contributed by atoms with van der Waals surface area (Å²) < 4.78 is 2.55. The van der Waals surface area contributed by atoms with Crippen molar-refractivity contribution in [2.24, 2.45) is 5.92 Å². The van der Waals surface area contributed by atoms with Gasteiger partial charge in [0.15, 0.2) is 0 Å². The second-order valence-electron chi connectivity index (χ2n) is 7.25. The van der Waals surface area contributed by atoms with Gasteiger partial charge in [0, 0.05) is 35.4 Å². The number of nitrogens with zero attached hydrogens (tertiary/aromatic N) is 3. The van der Waals surface area contributed by atoms with Gasteiger partial charge < -0.3 is 9.55 Å². The number of rotatable bonds is 2. The lowest BCUT2D eigenvalue weighted by molar-refractivity contribution is 0.265. The van der Waals surface area contributed by atoms with Gasteiger partial charge in [0.2, 0.25) is 0 Å². The number of H-pyrrole nitrogens is 1. The van der Waals surface area contributed by atoms with E-state index in [1.165, 1.54) is 47.7 Å². The van der Waals surface area contributed by atoms with Crippen molar-refractivity contribution in [2.45, 2.75) is 38.6 Å². The fraction of sp³-hybridized carbons (Fsp3) is 0.333. The molecule has 4 nitrogen and oxygen atoms in total. The van der Waals surface area contributed by atoms with Crippen LogP contribution in [-0.2, 0) is 0 Å². The fourth-order valence-electron chi connectivity index (χ4n) is 4.46. The van der Waals surface area contributed by atoms with E-state index in [0.29, 0.717) is 12.0 Å². The summed E-state index contributed by atoms with van der Waals surface area (Å²) >= 11 is 0. The summed E-state index contributed by atoms with van der Waals surface area (Å²) in [7, 11) is 0. The summed E-state index contributed by atoms with van der Waals surface area (Å²) in [4.78, 5) is 12.5. The van der Waals surface area contributed by atoms with Gasteiger partial charge in [-0.15, -0.1) is 0 Å². The molecule has 1 aliphatic rings. The molecule has 1 unspecified atom stereocenters. The molecule has 2 atom stereocenters. The van der Waals surface area contributed by atoms with Crippen LogP contribution in [0.25, 0.3) is 33.3 Å². The van der Waals surface area contributed by atoms with Gasteiger partial charge in [-0.1, -0.05) is 25.8 Å². The van der Waals surface area contributed by atoms with E-state index in [4.69, 9.17) is 0 Å². The predicted molar refractivity (Wildman–Crippen MR) is 101 cm³/mol. The molecule has 4 heteroatoms. The molecule has 1 aliphatic carbocycles. The van der Waals surface area contributed by atoms with Crippen LogP contribution in [0.15, 0.2) is 48.9 Å². The maximum Gasteiger partial charge on any atom is 0.139 e. The van der Waals surface area contributed by atoms with Crippen molar-refractivity contribution in [2.75, 3.05) is 0 Å². The number of aromatic amines is 1. The van der Waals surface area contributed by atoms with Crippen LogP contribution in [0.5, 0.6) is 0 Å². The first-order valence-corrected chi connectivity index (χ1v) is 9.21. The third-order valence-electron chi connectivity index (χ3n) is 5.70. The minimum absolute atomic E-state index is 0.517. The summed E-state index contributed by atoms with van der Waals surface area (Å²) in [6.07, 6.45) is 11.0. The maximum absolute atomic E-state index is 4.64. The summed E-state index contributed by atoms with van der Waals surface area (Å²) in [5, 5.41) is 2.41. The highest BCUT2D eigenvalue weighted by atomic mass is 15.1. The van der Waals surface area contributed by atoms with Crippen LogP contribution < -0.4 is 0 Å². The highest BCUT2D eigenvalue weighted by Gasteiger charge is 2.27. The molecule has 1 fully saturated rings. The summed E-state index contributed by atoms with van der Waals surface area (Å²) in [5.41, 5.74) is 4.51. The number of hydrogen-bond acceptors (Lipinski definition) is 2. The zero-order valence-electron chi connectivity index (χ0n) is 14.4. The molecule has 4 aromatic heterocycles. The minimum atomic E-state index is 0.517. The van der Waals surface area contributed by atoms with Crippen LogP contribution in [0.4, 0.5) is 0 Å². The zero-order chi connectivity index (χ0) is 16.8. The quantitative estimate of drug-likeness (QED) is 0.540. The lowest BCUT2D eigenvalue weighted by Gasteiger charge is -2.32. The Labute approximate surface area is 146 Å². The van der Waals surface area contributed by atoms with Crippen molar-refractivity contribution < 1.29 is 0 Å². The number of hydrogen-bond donors (Lipinski definition) is 1. The van der Waals surface area contributed by atoms with Crippen LogP contribution >= 0.6 is 0 Å². The molecule has 5 rings (SSSR count). The first-order valence-electron chi connectivity index (χ1n) is 9.21. The standard InChI is InChI=1S/C21H22N4/c1-14-6-2-3-8-18(14)25-19(17-7-4-5-10-22-17)12-15-13-24-21-16(20(15)25)9-11-23-21/h4-5,7,9-14,18H,2-3,6,8H2,1H3,(H,23,24)/t14-,18?/m0/s1. The number of pyridine rings is 2. The second kappa shape index (κ2) is 5.73. The molecule has 0 saturated heterocycles. The Morgan fingerprint density at radius 1 is 1.12 bits per heavy atom. The Kier molecular flexibility index (Phi) is 3.37. The van der Waals surface area contributed by atoms with Crippen LogP contribution in [0.1, 0.15) is 38.6 Å². The number of nitrogens with one attached hydrogen (secondary N) is 1. The van der Waals surface area contributed by atoms with E-state index in [9.17, 15) is 0 Å². The van der Waals surface area contributed by atoms with Gasteiger partial charge in [0.25, 0.3) is 0 Å². The first-order chi connectivity index (χ1) is 12.3. The molecule has 4 aromatic rings. The average Bonchev–Trinajstić information content (AvgIpc) is 3.26. The van der Waals surface area contributed by atoms with Crippen molar-refractivity contribution in [3.63, 3.8) is 0 Å². The van der Waals surface area contributed by atoms with Gasteiger partial charge in [-0.2, -0.15) is 0 Å². The Hall–Kier alpha value is -2.62. The predicted octanol–water partition coefficient (Wildman–Crippen LogP) is 5.33. The molecule has 1 saturated carbocycles. The molecule has 0 aromatic carbocycles. The third-order valence-corrected chi connectivity index (χ3v) is 5.70. The van der Waals surface area contributed by atoms with E-state index in [1.54, 1.807) is 0 Å². The van der Waals surface area contributed by atoms with Crippen LogP contribution in [0.2, 0.25) is 0 Å². The van der Waals surface area contributed by atoms with Gasteiger partial charge >= 0.3 is 0 Å². The summed E-state index contributed by atoms with van der Waals surface area (Å²) in [6.45, 7) is 2.40. The topological polar surface area (TPSA) is 46.5 Å². The maximum atomic E-state index is 4.64. The molecule has 25 heavy (non-hydrogen) atoms. The van der Waals surface area contributed by atoms with Gasteiger partial charge in [0.1, 0.15) is 5.65 Å². The van der Waals surface area contributed by atoms with Gasteiger partial charge in [-0.25, -0.2) is 4.98 Å². The minimum Gasteiger partial charge on any atom is -0.346 e. The Bertz CT molecular complexity index is 1030. The largest absolute Gasteiger partial charge is 0.346 e. The molecular formula is C21H22N4. The van der Waals surface area contributed by atoms with Crippen molar-refractivity contribution in [1.29, 1.82) is 0 Å². The van der Waals surface area contributed by atoms with Crippen LogP contribution in [0.3, 0.4) is 0 Å². The smallest absolute Gasteiger partial charge is 0.139 e. The fourth-order valence-corrected chi connectivity index (χ4v) is 4.46. The number of fused-ring (bicyclic) bond motifs is 3. The molecule has 0 spiro atoms. The molecule has 0 radical (unpaired) electrons. The van der Waals surface area contributed by atoms with E-state index in [-0.39, 0.29) is 0 Å². The first kappa shape index (κ1) is 14.7. The van der Waals surface area contributed by atoms with E-state index >= 15 is 0 Å². The average molecular weight is 330 g/mol. The molecule has 0 aliphatic heterocycles. The molecule has 4 heterocycles. The monoisotopic (exact) mass is 330 g/mol. The molecular weight excluding hydrogens is 308 g/mol. The lowest BCUT2D eigenvalue weighted by Crippen LogP contribution is -2.21. The number of aromatic nitrogens is 4. The van der Waals surface area contributed by atoms with E-state index in [2.05, 4.69) is 50.7 Å². The highest BCUT2D eigenvalue weighted by Crippen LogP contribution is 2.41. The van der Waals surface area contributed by atoms with E-state index in [0.717, 1.165) is 11.3 Å². The zero-order valence-corrected chi connectivity index (χ0v) is 14.4. The van der Waals surface area contributed by atoms with Crippen LogP contribution in [-0.4, -0.2) is 19.5 Å². The van der Waals surface area contributed by atoms with Crippen molar-refractivity contribution >= 4 is 21.9 Å². The lowest BCUT2D eigenvalue weighted by atomic mass is 9.85. The van der Waals surface area contributed by atoms with E-state index < -0.39 is 0 Å². The molecule has 1 N–H and O–H groups in total. The molecule has 0 amide bonds. The second-order valence-corrected chi connectivity index (χ2v) is 7.25. The third kappa shape index (κ3) is 2.28.